The molecule has 3 rings (SSSR count). The standard InChI is InChI=1S/C18H20N2O2/c1-18(2)10-13-8-12(17(21)22)6-7-15(13)20-16(18)11-4-3-5-14(19)9-11/h3-9,16,20H,10,19H2,1-2H3,(H,21,22)/p-1. The van der Waals surface area contributed by atoms with Crippen LogP contribution in [0.15, 0.2) is 42.5 Å². The van der Waals surface area contributed by atoms with E-state index in [1.807, 2.05) is 24.3 Å². The zero-order valence-electron chi connectivity index (χ0n) is 12.7. The van der Waals surface area contributed by atoms with E-state index in [0.29, 0.717) is 0 Å². The van der Waals surface area contributed by atoms with E-state index < -0.39 is 5.97 Å². The van der Waals surface area contributed by atoms with E-state index in [9.17, 15) is 9.90 Å². The van der Waals surface area contributed by atoms with E-state index in [0.717, 1.165) is 28.9 Å². The molecule has 4 nitrogen and oxygen atoms in total. The molecule has 0 radical (unpaired) electrons. The average Bonchev–Trinajstić information content (AvgIpc) is 2.44. The van der Waals surface area contributed by atoms with Crippen LogP contribution in [0.3, 0.4) is 0 Å². The Morgan fingerprint density at radius 2 is 2.05 bits per heavy atom. The van der Waals surface area contributed by atoms with Gasteiger partial charge in [0.05, 0.1) is 12.0 Å². The molecule has 0 amide bonds. The summed E-state index contributed by atoms with van der Waals surface area (Å²) in [4.78, 5) is 11.0. The predicted molar refractivity (Wildman–Crippen MR) is 85.5 cm³/mol. The largest absolute Gasteiger partial charge is 0.545 e. The Morgan fingerprint density at radius 3 is 2.73 bits per heavy atom. The fourth-order valence-corrected chi connectivity index (χ4v) is 3.22. The van der Waals surface area contributed by atoms with Gasteiger partial charge in [0, 0.05) is 11.4 Å². The minimum atomic E-state index is -1.14. The summed E-state index contributed by atoms with van der Waals surface area (Å²) in [6.07, 6.45) is 0.788. The zero-order chi connectivity index (χ0) is 15.9. The molecule has 2 aromatic rings. The first kappa shape index (κ1) is 14.4. The lowest BCUT2D eigenvalue weighted by Gasteiger charge is -2.41. The molecule has 114 valence electrons. The van der Waals surface area contributed by atoms with E-state index in [1.165, 1.54) is 0 Å². The van der Waals surface area contributed by atoms with Gasteiger partial charge < -0.3 is 21.0 Å². The van der Waals surface area contributed by atoms with Crippen LogP contribution in [0.5, 0.6) is 0 Å². The molecule has 0 aliphatic carbocycles. The number of rotatable bonds is 2. The number of carboxylic acids is 1. The number of nitrogens with two attached hydrogens (primary N) is 1. The highest BCUT2D eigenvalue weighted by molar-refractivity contribution is 5.87. The molecule has 0 fully saturated rings. The van der Waals surface area contributed by atoms with Gasteiger partial charge in [0.1, 0.15) is 0 Å². The topological polar surface area (TPSA) is 78.2 Å². The Morgan fingerprint density at radius 1 is 1.27 bits per heavy atom. The highest BCUT2D eigenvalue weighted by atomic mass is 16.4. The van der Waals surface area contributed by atoms with Gasteiger partial charge in [-0.3, -0.25) is 0 Å². The molecule has 1 atom stereocenters. The van der Waals surface area contributed by atoms with Gasteiger partial charge in [0.25, 0.3) is 0 Å². The molecule has 0 bridgehead atoms. The number of aromatic carboxylic acids is 1. The first-order valence-electron chi connectivity index (χ1n) is 7.33. The third-order valence-electron chi connectivity index (χ3n) is 4.31. The number of anilines is 2. The molecular formula is C18H19N2O2-. The number of benzene rings is 2. The lowest BCUT2D eigenvalue weighted by atomic mass is 9.72. The van der Waals surface area contributed by atoms with Crippen LogP contribution in [0.25, 0.3) is 0 Å². The maximum atomic E-state index is 11.0. The fraction of sp³-hybridized carbons (Fsp3) is 0.278. The second-order valence-electron chi connectivity index (χ2n) is 6.57. The van der Waals surface area contributed by atoms with Crippen molar-refractivity contribution >= 4 is 17.3 Å². The van der Waals surface area contributed by atoms with Crippen molar-refractivity contribution in [1.29, 1.82) is 0 Å². The monoisotopic (exact) mass is 295 g/mol. The van der Waals surface area contributed by atoms with Gasteiger partial charge in [-0.25, -0.2) is 0 Å². The smallest absolute Gasteiger partial charge is 0.0715 e. The Bertz CT molecular complexity index is 738. The maximum Gasteiger partial charge on any atom is 0.0715 e. The number of fused-ring (bicyclic) bond motifs is 1. The predicted octanol–water partition coefficient (Wildman–Crippen LogP) is 2.37. The molecule has 1 heterocycles. The van der Waals surface area contributed by atoms with Crippen molar-refractivity contribution < 1.29 is 9.90 Å². The summed E-state index contributed by atoms with van der Waals surface area (Å²) in [5.41, 5.74) is 9.92. The van der Waals surface area contributed by atoms with Gasteiger partial charge in [-0.15, -0.1) is 0 Å². The number of hydrogen-bond donors (Lipinski definition) is 2. The lowest BCUT2D eigenvalue weighted by molar-refractivity contribution is -0.255. The van der Waals surface area contributed by atoms with E-state index in [1.54, 1.807) is 12.1 Å². The normalized spacial score (nSPS) is 19.1. The van der Waals surface area contributed by atoms with E-state index in [4.69, 9.17) is 5.73 Å². The second-order valence-corrected chi connectivity index (χ2v) is 6.57. The van der Waals surface area contributed by atoms with Gasteiger partial charge in [-0.2, -0.15) is 0 Å². The van der Waals surface area contributed by atoms with Gasteiger partial charge in [-0.1, -0.05) is 32.0 Å². The first-order chi connectivity index (χ1) is 10.4. The summed E-state index contributed by atoms with van der Waals surface area (Å²) >= 11 is 0. The summed E-state index contributed by atoms with van der Waals surface area (Å²) in [6.45, 7) is 4.34. The Kier molecular flexibility index (Phi) is 3.32. The Hall–Kier alpha value is -2.49. The third-order valence-corrected chi connectivity index (χ3v) is 4.31. The number of carbonyl (C=O) groups is 1. The van der Waals surface area contributed by atoms with Crippen LogP contribution < -0.4 is 16.2 Å². The summed E-state index contributed by atoms with van der Waals surface area (Å²) in [6, 6.07) is 13.1. The van der Waals surface area contributed by atoms with Crippen molar-refractivity contribution in [3.63, 3.8) is 0 Å². The van der Waals surface area contributed by atoms with Crippen molar-refractivity contribution in [2.75, 3.05) is 11.1 Å². The van der Waals surface area contributed by atoms with Crippen molar-refractivity contribution in [3.8, 4) is 0 Å². The highest BCUT2D eigenvalue weighted by Gasteiger charge is 2.35. The van der Waals surface area contributed by atoms with Gasteiger partial charge in [0.15, 0.2) is 0 Å². The molecule has 1 aliphatic rings. The SMILES string of the molecule is CC1(C)Cc2cc(C(=O)[O-])ccc2NC1c1cccc(N)c1. The highest BCUT2D eigenvalue weighted by Crippen LogP contribution is 2.45. The molecule has 0 aromatic heterocycles. The van der Waals surface area contributed by atoms with Gasteiger partial charge >= 0.3 is 0 Å². The van der Waals surface area contributed by atoms with Crippen LogP contribution in [0.1, 0.15) is 41.4 Å². The second kappa shape index (κ2) is 5.05. The molecule has 0 saturated carbocycles. The minimum Gasteiger partial charge on any atom is -0.545 e. The van der Waals surface area contributed by atoms with Crippen LogP contribution in [-0.4, -0.2) is 5.97 Å². The number of nitrogens with one attached hydrogen (secondary N) is 1. The maximum absolute atomic E-state index is 11.0. The molecule has 4 heteroatoms. The molecule has 1 unspecified atom stereocenters. The van der Waals surface area contributed by atoms with Gasteiger partial charge in [-0.05, 0) is 52.8 Å². The van der Waals surface area contributed by atoms with Gasteiger partial charge in [0.2, 0.25) is 0 Å². The Balaban J connectivity index is 2.01. The summed E-state index contributed by atoms with van der Waals surface area (Å²) in [5, 5.41) is 14.6. The van der Waals surface area contributed by atoms with Crippen molar-refractivity contribution in [1.82, 2.24) is 0 Å². The minimum absolute atomic E-state index is 0.0641. The van der Waals surface area contributed by atoms with Crippen molar-refractivity contribution in [2.45, 2.75) is 26.3 Å². The molecule has 1 aliphatic heterocycles. The Labute approximate surface area is 130 Å². The van der Waals surface area contributed by atoms with Crippen LogP contribution in [-0.2, 0) is 6.42 Å². The van der Waals surface area contributed by atoms with Crippen molar-refractivity contribution in [2.24, 2.45) is 5.41 Å². The van der Waals surface area contributed by atoms with Crippen molar-refractivity contribution in [3.05, 3.63) is 59.2 Å². The quantitative estimate of drug-likeness (QED) is 0.834. The molecular weight excluding hydrogens is 276 g/mol. The van der Waals surface area contributed by atoms with Crippen LogP contribution in [0.2, 0.25) is 0 Å². The molecule has 22 heavy (non-hydrogen) atoms. The third kappa shape index (κ3) is 2.52. The lowest BCUT2D eigenvalue weighted by Crippen LogP contribution is -2.35. The number of nitrogen functional groups attached to an aromatic ring is 1. The molecule has 2 aromatic carbocycles. The van der Waals surface area contributed by atoms with Crippen LogP contribution in [0, 0.1) is 5.41 Å². The number of hydrogen-bond acceptors (Lipinski definition) is 4. The van der Waals surface area contributed by atoms with Crippen LogP contribution >= 0.6 is 0 Å². The fourth-order valence-electron chi connectivity index (χ4n) is 3.22. The summed E-state index contributed by atoms with van der Waals surface area (Å²) in [5.74, 6) is -1.14. The van der Waals surface area contributed by atoms with E-state index in [2.05, 4.69) is 25.2 Å². The number of carboxylic acid groups (broad SMARTS) is 1. The summed E-state index contributed by atoms with van der Waals surface area (Å²) in [7, 11) is 0. The zero-order valence-corrected chi connectivity index (χ0v) is 12.7. The summed E-state index contributed by atoms with van der Waals surface area (Å²) < 4.78 is 0. The average molecular weight is 295 g/mol. The van der Waals surface area contributed by atoms with E-state index >= 15 is 0 Å². The molecule has 0 spiro atoms. The van der Waals surface area contributed by atoms with E-state index in [-0.39, 0.29) is 17.0 Å². The first-order valence-corrected chi connectivity index (χ1v) is 7.33. The molecule has 3 N–H and O–H groups in total. The van der Waals surface area contributed by atoms with Crippen LogP contribution in [0.4, 0.5) is 11.4 Å². The number of carbonyl (C=O) groups excluding carboxylic acids is 1. The molecule has 0 saturated heterocycles.